The van der Waals surface area contributed by atoms with E-state index in [1.807, 2.05) is 6.08 Å². The molecule has 0 saturated carbocycles. The van der Waals surface area contributed by atoms with E-state index < -0.39 is 5.67 Å². The molecule has 0 atom stereocenters. The molecule has 0 bridgehead atoms. The van der Waals surface area contributed by atoms with Gasteiger partial charge in [-0.05, 0) is 19.2 Å². The zero-order valence-corrected chi connectivity index (χ0v) is 7.11. The van der Waals surface area contributed by atoms with E-state index in [0.717, 1.165) is 19.5 Å². The summed E-state index contributed by atoms with van der Waals surface area (Å²) in [6.07, 6.45) is 3.87. The van der Waals surface area contributed by atoms with Gasteiger partial charge in [0.05, 0.1) is 6.61 Å². The van der Waals surface area contributed by atoms with Crippen molar-refractivity contribution in [3.63, 3.8) is 0 Å². The molecule has 2 aliphatic rings. The second-order valence-corrected chi connectivity index (χ2v) is 3.42. The molecule has 0 aromatic rings. The minimum atomic E-state index is -1.16. The lowest BCUT2D eigenvalue weighted by atomic mass is 9.92. The third-order valence-corrected chi connectivity index (χ3v) is 2.54. The molecule has 2 rings (SSSR count). The maximum Gasteiger partial charge on any atom is 0.169 e. The molecule has 68 valence electrons. The van der Waals surface area contributed by atoms with Crippen LogP contribution in [0.3, 0.4) is 0 Å². The summed E-state index contributed by atoms with van der Waals surface area (Å²) in [5.41, 5.74) is -1.16. The summed E-state index contributed by atoms with van der Waals surface area (Å²) >= 11 is 0. The average molecular weight is 171 g/mol. The molecule has 0 amide bonds. The number of ether oxygens (including phenoxy) is 1. The monoisotopic (exact) mass is 171 g/mol. The highest BCUT2D eigenvalue weighted by Gasteiger charge is 2.38. The first-order chi connectivity index (χ1) is 5.81. The number of nitrogens with one attached hydrogen (secondary N) is 1. The number of halogens is 1. The van der Waals surface area contributed by atoms with Gasteiger partial charge in [-0.1, -0.05) is 0 Å². The second kappa shape index (κ2) is 3.05. The fraction of sp³-hybridized carbons (Fsp3) is 0.778. The molecule has 0 aromatic heterocycles. The fourth-order valence-corrected chi connectivity index (χ4v) is 1.80. The van der Waals surface area contributed by atoms with Crippen molar-refractivity contribution in [2.75, 3.05) is 19.7 Å². The molecule has 1 fully saturated rings. The minimum absolute atomic E-state index is 0.554. The molecule has 0 spiro atoms. The molecule has 2 heterocycles. The van der Waals surface area contributed by atoms with Crippen LogP contribution < -0.4 is 5.32 Å². The van der Waals surface area contributed by atoms with E-state index in [9.17, 15) is 4.39 Å². The number of rotatable bonds is 1. The normalized spacial score (nSPS) is 27.9. The summed E-state index contributed by atoms with van der Waals surface area (Å²) in [6.45, 7) is 2.18. The van der Waals surface area contributed by atoms with Gasteiger partial charge in [-0.3, -0.25) is 0 Å². The summed E-state index contributed by atoms with van der Waals surface area (Å²) in [4.78, 5) is 0. The van der Waals surface area contributed by atoms with Crippen LogP contribution in [-0.4, -0.2) is 25.4 Å². The quantitative estimate of drug-likeness (QED) is 0.643. The van der Waals surface area contributed by atoms with Gasteiger partial charge in [-0.15, -0.1) is 0 Å². The maximum atomic E-state index is 14.0. The van der Waals surface area contributed by atoms with Crippen LogP contribution in [0.15, 0.2) is 11.8 Å². The molecule has 0 unspecified atom stereocenters. The number of hydrogen-bond donors (Lipinski definition) is 1. The van der Waals surface area contributed by atoms with Crippen molar-refractivity contribution in [3.05, 3.63) is 11.8 Å². The van der Waals surface area contributed by atoms with E-state index in [1.165, 1.54) is 0 Å². The SMILES string of the molecule is FC1(C2=CCCO2)CCNCC1. The second-order valence-electron chi connectivity index (χ2n) is 3.42. The highest BCUT2D eigenvalue weighted by molar-refractivity contribution is 5.14. The van der Waals surface area contributed by atoms with Gasteiger partial charge in [0.15, 0.2) is 5.67 Å². The standard InChI is InChI=1S/C9H14FNO/c10-9(3-5-11-6-4-9)8-2-1-7-12-8/h2,11H,1,3-7H2. The van der Waals surface area contributed by atoms with Crippen molar-refractivity contribution in [2.24, 2.45) is 0 Å². The average Bonchev–Trinajstić information content (AvgIpc) is 2.58. The Morgan fingerprint density at radius 3 is 2.75 bits per heavy atom. The number of hydrogen-bond acceptors (Lipinski definition) is 2. The van der Waals surface area contributed by atoms with E-state index in [2.05, 4.69) is 5.32 Å². The lowest BCUT2D eigenvalue weighted by Gasteiger charge is -2.30. The molecular weight excluding hydrogens is 157 g/mol. The Labute approximate surface area is 71.8 Å². The summed E-state index contributed by atoms with van der Waals surface area (Å²) in [6, 6.07) is 0. The predicted octanol–water partition coefficient (Wildman–Crippen LogP) is 1.38. The molecule has 2 aliphatic heterocycles. The summed E-state index contributed by atoms with van der Waals surface area (Å²) < 4.78 is 19.3. The Bertz CT molecular complexity index is 197. The first kappa shape index (κ1) is 8.05. The lowest BCUT2D eigenvalue weighted by Crippen LogP contribution is -2.40. The fourth-order valence-electron chi connectivity index (χ4n) is 1.80. The smallest absolute Gasteiger partial charge is 0.169 e. The first-order valence-electron chi connectivity index (χ1n) is 4.54. The Balaban J connectivity index is 2.07. The van der Waals surface area contributed by atoms with Crippen molar-refractivity contribution >= 4 is 0 Å². The Morgan fingerprint density at radius 2 is 2.17 bits per heavy atom. The Kier molecular flexibility index (Phi) is 2.05. The van der Waals surface area contributed by atoms with Crippen molar-refractivity contribution < 1.29 is 9.13 Å². The molecule has 2 nitrogen and oxygen atoms in total. The molecule has 3 heteroatoms. The van der Waals surface area contributed by atoms with Gasteiger partial charge in [-0.25, -0.2) is 4.39 Å². The minimum Gasteiger partial charge on any atom is -0.495 e. The number of piperidine rings is 1. The van der Waals surface area contributed by atoms with Crippen molar-refractivity contribution in [3.8, 4) is 0 Å². The zero-order chi connectivity index (χ0) is 8.44. The lowest BCUT2D eigenvalue weighted by molar-refractivity contribution is 0.0741. The summed E-state index contributed by atoms with van der Waals surface area (Å²) in [5, 5.41) is 3.14. The number of allylic oxidation sites excluding steroid dienone is 1. The van der Waals surface area contributed by atoms with Crippen molar-refractivity contribution in [1.82, 2.24) is 5.32 Å². The van der Waals surface area contributed by atoms with Crippen LogP contribution in [-0.2, 0) is 4.74 Å². The molecule has 0 radical (unpaired) electrons. The van der Waals surface area contributed by atoms with Gasteiger partial charge < -0.3 is 10.1 Å². The van der Waals surface area contributed by atoms with Crippen LogP contribution in [0.4, 0.5) is 4.39 Å². The predicted molar refractivity (Wildman–Crippen MR) is 44.6 cm³/mol. The summed E-state index contributed by atoms with van der Waals surface area (Å²) in [7, 11) is 0. The largest absolute Gasteiger partial charge is 0.495 e. The van der Waals surface area contributed by atoms with E-state index in [0.29, 0.717) is 25.2 Å². The number of alkyl halides is 1. The topological polar surface area (TPSA) is 21.3 Å². The van der Waals surface area contributed by atoms with Crippen LogP contribution in [0, 0.1) is 0 Å². The summed E-state index contributed by atoms with van der Waals surface area (Å²) in [5.74, 6) is 0.587. The van der Waals surface area contributed by atoms with Gasteiger partial charge >= 0.3 is 0 Å². The molecule has 0 aliphatic carbocycles. The van der Waals surface area contributed by atoms with Crippen molar-refractivity contribution in [1.29, 1.82) is 0 Å². The van der Waals surface area contributed by atoms with Crippen LogP contribution in [0.2, 0.25) is 0 Å². The third kappa shape index (κ3) is 1.33. The molecule has 0 aromatic carbocycles. The van der Waals surface area contributed by atoms with Crippen LogP contribution in [0.5, 0.6) is 0 Å². The highest BCUT2D eigenvalue weighted by atomic mass is 19.1. The molecule has 1 saturated heterocycles. The molecule has 1 N–H and O–H groups in total. The Hall–Kier alpha value is -0.570. The zero-order valence-electron chi connectivity index (χ0n) is 7.11. The van der Waals surface area contributed by atoms with E-state index in [1.54, 1.807) is 0 Å². The van der Waals surface area contributed by atoms with Gasteiger partial charge in [0.25, 0.3) is 0 Å². The highest BCUT2D eigenvalue weighted by Crippen LogP contribution is 2.34. The van der Waals surface area contributed by atoms with E-state index >= 15 is 0 Å². The van der Waals surface area contributed by atoms with Gasteiger partial charge in [-0.2, -0.15) is 0 Å². The molecular formula is C9H14FNO. The molecule has 12 heavy (non-hydrogen) atoms. The third-order valence-electron chi connectivity index (χ3n) is 2.54. The first-order valence-corrected chi connectivity index (χ1v) is 4.54. The van der Waals surface area contributed by atoms with Gasteiger partial charge in [0, 0.05) is 19.3 Å². The van der Waals surface area contributed by atoms with Crippen LogP contribution in [0.25, 0.3) is 0 Å². The van der Waals surface area contributed by atoms with Crippen LogP contribution >= 0.6 is 0 Å². The van der Waals surface area contributed by atoms with Crippen LogP contribution in [0.1, 0.15) is 19.3 Å². The Morgan fingerprint density at radius 1 is 1.42 bits per heavy atom. The van der Waals surface area contributed by atoms with Crippen molar-refractivity contribution in [2.45, 2.75) is 24.9 Å². The maximum absolute atomic E-state index is 14.0. The van der Waals surface area contributed by atoms with Gasteiger partial charge in [0.1, 0.15) is 5.76 Å². The van der Waals surface area contributed by atoms with Gasteiger partial charge in [0.2, 0.25) is 0 Å². The van der Waals surface area contributed by atoms with E-state index in [-0.39, 0.29) is 0 Å². The van der Waals surface area contributed by atoms with E-state index in [4.69, 9.17) is 4.74 Å².